The Kier molecular flexibility index (Phi) is 3.53. The van der Waals surface area contributed by atoms with Crippen molar-refractivity contribution in [3.63, 3.8) is 0 Å². The largest absolute Gasteiger partial charge is 0.396 e. The smallest absolute Gasteiger partial charge is 0.0505 e. The van der Waals surface area contributed by atoms with Gasteiger partial charge in [0, 0.05) is 17.0 Å². The summed E-state index contributed by atoms with van der Waals surface area (Å²) in [5.74, 6) is 0.568. The van der Waals surface area contributed by atoms with Crippen LogP contribution < -0.4 is 5.73 Å². The lowest BCUT2D eigenvalue weighted by atomic mass is 9.78. The van der Waals surface area contributed by atoms with E-state index in [4.69, 9.17) is 17.3 Å². The van der Waals surface area contributed by atoms with Gasteiger partial charge in [-0.1, -0.05) is 29.8 Å². The zero-order valence-corrected chi connectivity index (χ0v) is 10.1. The van der Waals surface area contributed by atoms with Gasteiger partial charge in [0.1, 0.15) is 0 Å². The van der Waals surface area contributed by atoms with E-state index >= 15 is 0 Å². The minimum Gasteiger partial charge on any atom is -0.396 e. The van der Waals surface area contributed by atoms with Crippen LogP contribution in [-0.4, -0.2) is 18.3 Å². The number of rotatable bonds is 5. The van der Waals surface area contributed by atoms with Gasteiger partial charge in [-0.25, -0.2) is 0 Å². The molecule has 1 aromatic carbocycles. The van der Waals surface area contributed by atoms with Crippen LogP contribution in [0.25, 0.3) is 0 Å². The van der Waals surface area contributed by atoms with E-state index in [9.17, 15) is 5.11 Å². The molecule has 2 nitrogen and oxygen atoms in total. The zero-order chi connectivity index (χ0) is 11.6. The van der Waals surface area contributed by atoms with E-state index < -0.39 is 0 Å². The quantitative estimate of drug-likeness (QED) is 0.828. The molecule has 1 atom stereocenters. The van der Waals surface area contributed by atoms with Gasteiger partial charge in [0.15, 0.2) is 0 Å². The van der Waals surface area contributed by atoms with Crippen LogP contribution in [0.15, 0.2) is 24.3 Å². The molecule has 1 aliphatic rings. The molecule has 0 radical (unpaired) electrons. The van der Waals surface area contributed by atoms with Crippen molar-refractivity contribution in [1.29, 1.82) is 0 Å². The van der Waals surface area contributed by atoms with Crippen LogP contribution in [0, 0.1) is 11.3 Å². The highest BCUT2D eigenvalue weighted by atomic mass is 35.5. The minimum atomic E-state index is -0.162. The third-order valence-corrected chi connectivity index (χ3v) is 4.03. The fourth-order valence-corrected chi connectivity index (χ4v) is 2.55. The Morgan fingerprint density at radius 2 is 2.06 bits per heavy atom. The third kappa shape index (κ3) is 2.24. The van der Waals surface area contributed by atoms with Crippen molar-refractivity contribution in [1.82, 2.24) is 0 Å². The first-order valence-corrected chi connectivity index (χ1v) is 6.14. The van der Waals surface area contributed by atoms with Gasteiger partial charge >= 0.3 is 0 Å². The van der Waals surface area contributed by atoms with Crippen molar-refractivity contribution < 1.29 is 5.11 Å². The highest BCUT2D eigenvalue weighted by Gasteiger charge is 2.43. The molecule has 88 valence electrons. The summed E-state index contributed by atoms with van der Waals surface area (Å²) >= 11 is 6.15. The lowest BCUT2D eigenvalue weighted by molar-refractivity contribution is 0.109. The van der Waals surface area contributed by atoms with Gasteiger partial charge in [-0.05, 0) is 36.8 Å². The van der Waals surface area contributed by atoms with Crippen LogP contribution in [0.4, 0.5) is 0 Å². The number of benzene rings is 1. The van der Waals surface area contributed by atoms with E-state index in [0.29, 0.717) is 12.5 Å². The topological polar surface area (TPSA) is 46.2 Å². The van der Waals surface area contributed by atoms with Crippen molar-refractivity contribution >= 4 is 11.6 Å². The summed E-state index contributed by atoms with van der Waals surface area (Å²) in [5, 5.41) is 10.4. The van der Waals surface area contributed by atoms with Gasteiger partial charge in [-0.15, -0.1) is 0 Å². The summed E-state index contributed by atoms with van der Waals surface area (Å²) < 4.78 is 0. The summed E-state index contributed by atoms with van der Waals surface area (Å²) in [6.07, 6.45) is 3.15. The van der Waals surface area contributed by atoms with Crippen LogP contribution in [0.1, 0.15) is 18.4 Å². The number of aliphatic hydroxyl groups excluding tert-OH is 1. The van der Waals surface area contributed by atoms with Crippen molar-refractivity contribution in [2.45, 2.75) is 19.3 Å². The molecule has 0 heterocycles. The van der Waals surface area contributed by atoms with Crippen LogP contribution >= 0.6 is 11.6 Å². The maximum absolute atomic E-state index is 9.62. The lowest BCUT2D eigenvalue weighted by Crippen LogP contribution is -2.38. The molecule has 0 aliphatic heterocycles. The van der Waals surface area contributed by atoms with Gasteiger partial charge in [0.05, 0.1) is 6.61 Å². The van der Waals surface area contributed by atoms with Crippen LogP contribution in [0.2, 0.25) is 5.02 Å². The maximum Gasteiger partial charge on any atom is 0.0505 e. The monoisotopic (exact) mass is 239 g/mol. The van der Waals surface area contributed by atoms with Gasteiger partial charge in [0.2, 0.25) is 0 Å². The molecule has 3 N–H and O–H groups in total. The molecule has 0 amide bonds. The van der Waals surface area contributed by atoms with Crippen molar-refractivity contribution in [3.05, 3.63) is 34.9 Å². The summed E-state index contributed by atoms with van der Waals surface area (Å²) in [5.41, 5.74) is 6.79. The Morgan fingerprint density at radius 1 is 1.38 bits per heavy atom. The molecule has 0 saturated heterocycles. The molecule has 3 heteroatoms. The summed E-state index contributed by atoms with van der Waals surface area (Å²) in [7, 11) is 0. The summed E-state index contributed by atoms with van der Waals surface area (Å²) in [6, 6.07) is 7.81. The Hall–Kier alpha value is -0.570. The van der Waals surface area contributed by atoms with Crippen LogP contribution in [0.3, 0.4) is 0 Å². The van der Waals surface area contributed by atoms with Crippen molar-refractivity contribution in [2.75, 3.05) is 13.2 Å². The number of aliphatic hydroxyl groups is 1. The molecule has 1 unspecified atom stereocenters. The van der Waals surface area contributed by atoms with E-state index in [1.54, 1.807) is 0 Å². The first-order valence-electron chi connectivity index (χ1n) is 5.76. The highest BCUT2D eigenvalue weighted by Crippen LogP contribution is 2.47. The standard InChI is InChI=1S/C13H18ClNO/c14-12-4-2-1-3-10(12)7-13(8-15,9-16)11-5-6-11/h1-4,11,16H,5-9,15H2. The molecule has 0 bridgehead atoms. The second-order valence-electron chi connectivity index (χ2n) is 4.77. The average molecular weight is 240 g/mol. The predicted molar refractivity (Wildman–Crippen MR) is 66.5 cm³/mol. The second kappa shape index (κ2) is 4.74. The molecule has 0 aromatic heterocycles. The van der Waals surface area contributed by atoms with Crippen LogP contribution in [-0.2, 0) is 6.42 Å². The fraction of sp³-hybridized carbons (Fsp3) is 0.538. The molecule has 0 spiro atoms. The number of hydrogen-bond donors (Lipinski definition) is 2. The first kappa shape index (κ1) is 11.9. The second-order valence-corrected chi connectivity index (χ2v) is 5.17. The normalized spacial score (nSPS) is 19.4. The molecule has 1 aliphatic carbocycles. The Balaban J connectivity index is 2.20. The van der Waals surface area contributed by atoms with Gasteiger partial charge < -0.3 is 10.8 Å². The van der Waals surface area contributed by atoms with Crippen LogP contribution in [0.5, 0.6) is 0 Å². The number of halogens is 1. The molecule has 1 aromatic rings. The summed E-state index contributed by atoms with van der Waals surface area (Å²) in [6.45, 7) is 0.679. The molecular weight excluding hydrogens is 222 g/mol. The predicted octanol–water partition coefficient (Wildman–Crippen LogP) is 2.23. The van der Waals surface area contributed by atoms with Crippen molar-refractivity contribution in [3.8, 4) is 0 Å². The average Bonchev–Trinajstić information content (AvgIpc) is 3.13. The molecule has 1 fully saturated rings. The minimum absolute atomic E-state index is 0.152. The lowest BCUT2D eigenvalue weighted by Gasteiger charge is -2.31. The third-order valence-electron chi connectivity index (χ3n) is 3.67. The van der Waals surface area contributed by atoms with Gasteiger partial charge in [-0.3, -0.25) is 0 Å². The molecule has 16 heavy (non-hydrogen) atoms. The SMILES string of the molecule is NCC(CO)(Cc1ccccc1Cl)C1CC1. The number of hydrogen-bond acceptors (Lipinski definition) is 2. The van der Waals surface area contributed by atoms with E-state index in [1.165, 1.54) is 12.8 Å². The Labute approximate surface area is 101 Å². The van der Waals surface area contributed by atoms with Crippen molar-refractivity contribution in [2.24, 2.45) is 17.1 Å². The number of nitrogens with two attached hydrogens (primary N) is 1. The van der Waals surface area contributed by atoms with E-state index in [1.807, 2.05) is 24.3 Å². The van der Waals surface area contributed by atoms with Gasteiger partial charge in [-0.2, -0.15) is 0 Å². The van der Waals surface area contributed by atoms with E-state index in [-0.39, 0.29) is 12.0 Å². The Morgan fingerprint density at radius 3 is 2.56 bits per heavy atom. The molecule has 1 saturated carbocycles. The zero-order valence-electron chi connectivity index (χ0n) is 9.32. The molecular formula is C13H18ClNO. The summed E-state index contributed by atoms with van der Waals surface area (Å²) in [4.78, 5) is 0. The van der Waals surface area contributed by atoms with E-state index in [2.05, 4.69) is 0 Å². The first-order chi connectivity index (χ1) is 7.72. The fourth-order valence-electron chi connectivity index (χ4n) is 2.35. The highest BCUT2D eigenvalue weighted by molar-refractivity contribution is 6.31. The maximum atomic E-state index is 9.62. The molecule has 2 rings (SSSR count). The Bertz CT molecular complexity index is 359. The van der Waals surface area contributed by atoms with E-state index in [0.717, 1.165) is 17.0 Å². The van der Waals surface area contributed by atoms with Gasteiger partial charge in [0.25, 0.3) is 0 Å².